The maximum Gasteiger partial charge on any atom is 0.330 e. The smallest absolute Gasteiger partial charge is 0.330 e. The van der Waals surface area contributed by atoms with E-state index in [0.29, 0.717) is 40.3 Å². The van der Waals surface area contributed by atoms with Crippen LogP contribution in [0.4, 0.5) is 14.5 Å². The van der Waals surface area contributed by atoms with Crippen LogP contribution in [0.25, 0.3) is 16.8 Å². The normalized spacial score (nSPS) is 12.0. The first-order chi connectivity index (χ1) is 23.1. The van der Waals surface area contributed by atoms with Crippen LogP contribution in [0.2, 0.25) is 0 Å². The zero-order chi connectivity index (χ0) is 35.8. The van der Waals surface area contributed by atoms with Crippen LogP contribution >= 0.6 is 0 Å². The number of aliphatic carboxylic acids is 1. The van der Waals surface area contributed by atoms with Crippen LogP contribution in [0, 0.1) is 25.5 Å². The number of sulfonamides is 1. The van der Waals surface area contributed by atoms with Gasteiger partial charge in [0, 0.05) is 32.3 Å². The Balaban J connectivity index is 1.30. The molecule has 1 atom stereocenters. The van der Waals surface area contributed by atoms with Crippen molar-refractivity contribution in [2.24, 2.45) is 14.1 Å². The van der Waals surface area contributed by atoms with E-state index < -0.39 is 67.1 Å². The van der Waals surface area contributed by atoms with E-state index in [2.05, 4.69) is 20.6 Å². The second-order valence-corrected chi connectivity index (χ2v) is 12.6. The molecular formula is C31H28F2N8O7S. The molecule has 0 saturated carbocycles. The Morgan fingerprint density at radius 2 is 1.67 bits per heavy atom. The lowest BCUT2D eigenvalue weighted by Crippen LogP contribution is -2.42. The van der Waals surface area contributed by atoms with Gasteiger partial charge >= 0.3 is 11.7 Å². The molecule has 0 saturated heterocycles. The minimum atomic E-state index is -4.50. The zero-order valence-corrected chi connectivity index (χ0v) is 27.1. The number of pyridine rings is 1. The predicted molar refractivity (Wildman–Crippen MR) is 171 cm³/mol. The van der Waals surface area contributed by atoms with Gasteiger partial charge < -0.3 is 15.0 Å². The van der Waals surface area contributed by atoms with Gasteiger partial charge in [0.1, 0.15) is 17.7 Å². The van der Waals surface area contributed by atoms with Crippen LogP contribution in [0.15, 0.2) is 75.5 Å². The van der Waals surface area contributed by atoms with E-state index in [4.69, 9.17) is 0 Å². The average Bonchev–Trinajstić information content (AvgIpc) is 3.50. The van der Waals surface area contributed by atoms with Crippen LogP contribution in [0.1, 0.15) is 27.3 Å². The summed E-state index contributed by atoms with van der Waals surface area (Å²) in [6.07, 6.45) is 2.51. The fourth-order valence-electron chi connectivity index (χ4n) is 4.89. The number of halogens is 2. The van der Waals surface area contributed by atoms with Crippen molar-refractivity contribution in [3.8, 4) is 16.8 Å². The number of carboxylic acid groups (broad SMARTS) is 1. The summed E-state index contributed by atoms with van der Waals surface area (Å²) >= 11 is 0. The van der Waals surface area contributed by atoms with Crippen LogP contribution in [0.3, 0.4) is 0 Å². The van der Waals surface area contributed by atoms with Crippen molar-refractivity contribution in [1.29, 1.82) is 0 Å². The number of aromatic nitrogens is 6. The number of nitrogens with zero attached hydrogens (tertiary/aromatic N) is 6. The van der Waals surface area contributed by atoms with Crippen LogP contribution in [0.5, 0.6) is 0 Å². The van der Waals surface area contributed by atoms with E-state index in [-0.39, 0.29) is 12.0 Å². The summed E-state index contributed by atoms with van der Waals surface area (Å²) < 4.78 is 61.3. The summed E-state index contributed by atoms with van der Waals surface area (Å²) in [4.78, 5) is 53.7. The van der Waals surface area contributed by atoms with Gasteiger partial charge in [-0.15, -0.1) is 5.10 Å². The second kappa shape index (κ2) is 13.2. The number of carbonyl (C=O) groups excluding carboxylic acids is 1. The molecule has 18 heteroatoms. The molecule has 0 unspecified atom stereocenters. The SMILES string of the molecule is Cc1cn(-c2ccc(S(=O)(=O)Nc3cc(F)c(C(=O)N[C@@H](Cc4ccc(-c5c(C)n(C)c(=O)n(C)c5=O)cc4)C(=O)O)cc3F)nc2)nn1. The number of hydrogen-bond acceptors (Lipinski definition) is 9. The molecule has 3 aromatic heterocycles. The van der Waals surface area contributed by atoms with Gasteiger partial charge in [0.25, 0.3) is 21.5 Å². The lowest BCUT2D eigenvalue weighted by Gasteiger charge is -2.16. The average molecular weight is 695 g/mol. The molecule has 3 heterocycles. The molecule has 0 radical (unpaired) electrons. The monoisotopic (exact) mass is 694 g/mol. The van der Waals surface area contributed by atoms with Crippen LogP contribution < -0.4 is 21.3 Å². The molecule has 0 aliphatic carbocycles. The number of amides is 1. The van der Waals surface area contributed by atoms with Gasteiger partial charge in [-0.05, 0) is 43.2 Å². The van der Waals surface area contributed by atoms with Gasteiger partial charge in [-0.25, -0.2) is 28.0 Å². The first kappa shape index (κ1) is 34.3. The number of hydrogen-bond donors (Lipinski definition) is 3. The Bertz CT molecular complexity index is 2340. The van der Waals surface area contributed by atoms with E-state index in [1.165, 1.54) is 47.7 Å². The fraction of sp³-hybridized carbons (Fsp3) is 0.194. The molecule has 5 aromatic rings. The quantitative estimate of drug-likeness (QED) is 0.194. The third-order valence-corrected chi connectivity index (χ3v) is 8.94. The summed E-state index contributed by atoms with van der Waals surface area (Å²) in [6.45, 7) is 3.32. The molecule has 49 heavy (non-hydrogen) atoms. The van der Waals surface area contributed by atoms with Gasteiger partial charge in [0.15, 0.2) is 5.03 Å². The number of nitrogens with one attached hydrogen (secondary N) is 2. The summed E-state index contributed by atoms with van der Waals surface area (Å²) in [7, 11) is -1.63. The third kappa shape index (κ3) is 6.98. The Kier molecular flexibility index (Phi) is 9.26. The van der Waals surface area contributed by atoms with Crippen LogP contribution in [-0.2, 0) is 35.3 Å². The number of benzene rings is 2. The summed E-state index contributed by atoms with van der Waals surface area (Å²) in [5.74, 6) is -5.38. The highest BCUT2D eigenvalue weighted by atomic mass is 32.2. The van der Waals surface area contributed by atoms with Gasteiger partial charge in [-0.2, -0.15) is 8.42 Å². The van der Waals surface area contributed by atoms with Crippen molar-refractivity contribution in [1.82, 2.24) is 34.4 Å². The summed E-state index contributed by atoms with van der Waals surface area (Å²) in [6, 6.07) is 7.98. The van der Waals surface area contributed by atoms with Crippen LogP contribution in [-0.4, -0.2) is 60.6 Å². The molecule has 0 fully saturated rings. The van der Waals surface area contributed by atoms with Crippen molar-refractivity contribution in [2.45, 2.75) is 31.3 Å². The predicted octanol–water partition coefficient (Wildman–Crippen LogP) is 1.85. The molecule has 0 spiro atoms. The van der Waals surface area contributed by atoms with Gasteiger partial charge in [-0.3, -0.25) is 18.9 Å². The van der Waals surface area contributed by atoms with Gasteiger partial charge in [0.2, 0.25) is 0 Å². The molecule has 15 nitrogen and oxygen atoms in total. The molecule has 0 aliphatic rings. The highest BCUT2D eigenvalue weighted by Crippen LogP contribution is 2.24. The third-order valence-electron chi connectivity index (χ3n) is 7.66. The minimum Gasteiger partial charge on any atom is -0.480 e. The van der Waals surface area contributed by atoms with Crippen molar-refractivity contribution in [2.75, 3.05) is 4.72 Å². The highest BCUT2D eigenvalue weighted by molar-refractivity contribution is 7.92. The van der Waals surface area contributed by atoms with E-state index in [1.54, 1.807) is 32.2 Å². The molecule has 5 rings (SSSR count). The lowest BCUT2D eigenvalue weighted by molar-refractivity contribution is -0.139. The molecule has 1 amide bonds. The Morgan fingerprint density at radius 3 is 2.27 bits per heavy atom. The molecule has 2 aromatic carbocycles. The van der Waals surface area contributed by atoms with Crippen molar-refractivity contribution >= 4 is 27.6 Å². The topological polar surface area (TPSA) is 200 Å². The second-order valence-electron chi connectivity index (χ2n) is 11.0. The number of rotatable bonds is 10. The number of carbonyl (C=O) groups is 2. The van der Waals surface area contributed by atoms with Crippen molar-refractivity contribution < 1.29 is 31.9 Å². The Hall–Kier alpha value is -6.04. The van der Waals surface area contributed by atoms with Crippen molar-refractivity contribution in [3.05, 3.63) is 116 Å². The highest BCUT2D eigenvalue weighted by Gasteiger charge is 2.26. The summed E-state index contributed by atoms with van der Waals surface area (Å²) in [5, 5.41) is 19.1. The van der Waals surface area contributed by atoms with Gasteiger partial charge in [-0.1, -0.05) is 29.5 Å². The Labute approximate surface area is 276 Å². The zero-order valence-electron chi connectivity index (χ0n) is 26.3. The van der Waals surface area contributed by atoms with E-state index in [0.717, 1.165) is 10.6 Å². The van der Waals surface area contributed by atoms with E-state index in [1.807, 2.05) is 4.72 Å². The standard InChI is InChI=1S/C31H28F2N8O7S/c1-16-15-41(38-36-16)20-9-10-26(34-14-20)49(47,48)37-24-13-22(32)21(12-23(24)33)28(42)35-25(30(44)45)11-18-5-7-19(8-6-18)27-17(2)39(3)31(46)40(4)29(27)43/h5-10,12-15,25,37H,11H2,1-4H3,(H,35,42)(H,44,45)/t25-/m0/s1. The molecular weight excluding hydrogens is 666 g/mol. The maximum atomic E-state index is 15.0. The molecule has 0 bridgehead atoms. The molecule has 254 valence electrons. The Morgan fingerprint density at radius 1 is 0.980 bits per heavy atom. The number of carboxylic acids is 1. The molecule has 3 N–H and O–H groups in total. The van der Waals surface area contributed by atoms with E-state index >= 15 is 8.78 Å². The first-order valence-electron chi connectivity index (χ1n) is 14.3. The summed E-state index contributed by atoms with van der Waals surface area (Å²) in [5.41, 5.74) is -0.0885. The van der Waals surface area contributed by atoms with E-state index in [9.17, 15) is 32.7 Å². The fourth-order valence-corrected chi connectivity index (χ4v) is 5.88. The minimum absolute atomic E-state index is 0.268. The lowest BCUT2D eigenvalue weighted by atomic mass is 10.00. The molecule has 0 aliphatic heterocycles. The largest absolute Gasteiger partial charge is 0.480 e. The van der Waals surface area contributed by atoms with Crippen molar-refractivity contribution in [3.63, 3.8) is 0 Å². The number of anilines is 1. The van der Waals surface area contributed by atoms with Gasteiger partial charge in [0.05, 0.1) is 40.6 Å². The number of aryl methyl sites for hydroxylation is 1. The first-order valence-corrected chi connectivity index (χ1v) is 15.8. The maximum absolute atomic E-state index is 15.0.